The van der Waals surface area contributed by atoms with Crippen LogP contribution in [-0.2, 0) is 6.54 Å². The van der Waals surface area contributed by atoms with E-state index in [0.717, 1.165) is 24.3 Å². The van der Waals surface area contributed by atoms with Crippen molar-refractivity contribution in [2.45, 2.75) is 6.54 Å². The van der Waals surface area contributed by atoms with Crippen LogP contribution in [0.3, 0.4) is 0 Å². The van der Waals surface area contributed by atoms with Gasteiger partial charge in [-0.05, 0) is 61.1 Å². The minimum atomic E-state index is -0.249. The van der Waals surface area contributed by atoms with Crippen LogP contribution in [0.25, 0.3) is 0 Å². The van der Waals surface area contributed by atoms with Crippen molar-refractivity contribution in [1.82, 2.24) is 4.90 Å². The summed E-state index contributed by atoms with van der Waals surface area (Å²) >= 11 is 5.95. The molecule has 0 unspecified atom stereocenters. The van der Waals surface area contributed by atoms with Gasteiger partial charge < -0.3 is 15.1 Å². The zero-order chi connectivity index (χ0) is 21.1. The second-order valence-electron chi connectivity index (χ2n) is 7.37. The van der Waals surface area contributed by atoms with E-state index in [1.54, 1.807) is 48.5 Å². The van der Waals surface area contributed by atoms with Crippen LogP contribution in [0.15, 0.2) is 72.8 Å². The lowest BCUT2D eigenvalue weighted by molar-refractivity contribution is 0.0984. The molecular weight excluding hydrogens is 398 g/mol. The van der Waals surface area contributed by atoms with E-state index in [1.165, 1.54) is 0 Å². The number of carbonyl (C=O) groups is 2. The Morgan fingerprint density at radius 3 is 2.43 bits per heavy atom. The molecule has 6 heteroatoms. The lowest BCUT2D eigenvalue weighted by atomic mass is 10.1. The van der Waals surface area contributed by atoms with Gasteiger partial charge in [-0.3, -0.25) is 9.59 Å². The van der Waals surface area contributed by atoms with E-state index in [-0.39, 0.29) is 11.8 Å². The second-order valence-corrected chi connectivity index (χ2v) is 7.80. The summed E-state index contributed by atoms with van der Waals surface area (Å²) in [5.74, 6) is -0.300. The number of likely N-dealkylation sites (N-methyl/N-ethyl adjacent to an activating group) is 1. The highest BCUT2D eigenvalue weighted by atomic mass is 35.5. The third-order valence-electron chi connectivity index (χ3n) is 5.15. The number of fused-ring (bicyclic) bond motifs is 1. The fourth-order valence-electron chi connectivity index (χ4n) is 3.56. The molecule has 30 heavy (non-hydrogen) atoms. The standard InChI is InChI=1S/C24H22ClN3O2/c1-27-13-14-28(22-8-3-2-5-19(22)16-27)24(30)17-9-11-21(12-10-17)26-23(29)18-6-4-7-20(25)15-18/h2-12,15H,13-14,16H2,1H3,(H,26,29). The van der Waals surface area contributed by atoms with Gasteiger partial charge in [-0.1, -0.05) is 35.9 Å². The number of anilines is 2. The number of para-hydroxylation sites is 1. The first-order valence-corrected chi connectivity index (χ1v) is 10.1. The molecule has 4 rings (SSSR count). The molecule has 1 heterocycles. The summed E-state index contributed by atoms with van der Waals surface area (Å²) in [6, 6.07) is 21.7. The van der Waals surface area contributed by atoms with Crippen LogP contribution in [0.4, 0.5) is 11.4 Å². The summed E-state index contributed by atoms with van der Waals surface area (Å²) in [4.78, 5) is 29.6. The van der Waals surface area contributed by atoms with E-state index in [1.807, 2.05) is 23.1 Å². The van der Waals surface area contributed by atoms with Crippen molar-refractivity contribution >= 4 is 34.8 Å². The second kappa shape index (κ2) is 8.69. The van der Waals surface area contributed by atoms with Crippen molar-refractivity contribution < 1.29 is 9.59 Å². The molecular formula is C24H22ClN3O2. The molecule has 0 bridgehead atoms. The smallest absolute Gasteiger partial charge is 0.258 e. The molecule has 2 amide bonds. The maximum Gasteiger partial charge on any atom is 0.258 e. The zero-order valence-electron chi connectivity index (χ0n) is 16.6. The molecule has 0 spiro atoms. The Morgan fingerprint density at radius 2 is 1.67 bits per heavy atom. The van der Waals surface area contributed by atoms with Crippen LogP contribution in [0.5, 0.6) is 0 Å². The molecule has 152 valence electrons. The van der Waals surface area contributed by atoms with E-state index in [9.17, 15) is 9.59 Å². The molecule has 1 aliphatic heterocycles. The molecule has 0 fully saturated rings. The van der Waals surface area contributed by atoms with Crippen molar-refractivity contribution in [1.29, 1.82) is 0 Å². The Labute approximate surface area is 180 Å². The summed E-state index contributed by atoms with van der Waals surface area (Å²) in [5.41, 5.74) is 3.76. The maximum absolute atomic E-state index is 13.2. The number of benzene rings is 3. The minimum Gasteiger partial charge on any atom is -0.322 e. The molecule has 1 aliphatic rings. The number of hydrogen-bond acceptors (Lipinski definition) is 3. The number of rotatable bonds is 3. The van der Waals surface area contributed by atoms with Crippen LogP contribution in [0, 0.1) is 0 Å². The van der Waals surface area contributed by atoms with Gasteiger partial charge in [-0.2, -0.15) is 0 Å². The fourth-order valence-corrected chi connectivity index (χ4v) is 3.76. The number of amides is 2. The van der Waals surface area contributed by atoms with E-state index < -0.39 is 0 Å². The van der Waals surface area contributed by atoms with Crippen LogP contribution < -0.4 is 10.2 Å². The predicted molar refractivity (Wildman–Crippen MR) is 120 cm³/mol. The third-order valence-corrected chi connectivity index (χ3v) is 5.38. The number of nitrogens with one attached hydrogen (secondary N) is 1. The summed E-state index contributed by atoms with van der Waals surface area (Å²) in [6.07, 6.45) is 0. The van der Waals surface area contributed by atoms with Crippen molar-refractivity contribution in [3.63, 3.8) is 0 Å². The van der Waals surface area contributed by atoms with Gasteiger partial charge in [0.25, 0.3) is 11.8 Å². The monoisotopic (exact) mass is 419 g/mol. The molecule has 3 aromatic carbocycles. The highest BCUT2D eigenvalue weighted by Gasteiger charge is 2.23. The van der Waals surface area contributed by atoms with Gasteiger partial charge in [-0.25, -0.2) is 0 Å². The average Bonchev–Trinajstić information content (AvgIpc) is 2.92. The van der Waals surface area contributed by atoms with Gasteiger partial charge in [0, 0.05) is 47.2 Å². The lowest BCUT2D eigenvalue weighted by Gasteiger charge is -2.23. The Morgan fingerprint density at radius 1 is 0.900 bits per heavy atom. The van der Waals surface area contributed by atoms with Gasteiger partial charge in [0.15, 0.2) is 0 Å². The first-order chi connectivity index (χ1) is 14.5. The minimum absolute atomic E-state index is 0.0505. The van der Waals surface area contributed by atoms with E-state index in [4.69, 9.17) is 11.6 Å². The van der Waals surface area contributed by atoms with Crippen LogP contribution >= 0.6 is 11.6 Å². The summed E-state index contributed by atoms with van der Waals surface area (Å²) in [5, 5.41) is 3.34. The van der Waals surface area contributed by atoms with Gasteiger partial charge in [0.1, 0.15) is 0 Å². The first kappa shape index (κ1) is 20.1. The molecule has 0 saturated heterocycles. The lowest BCUT2D eigenvalue weighted by Crippen LogP contribution is -2.35. The first-order valence-electron chi connectivity index (χ1n) is 9.76. The summed E-state index contributed by atoms with van der Waals surface area (Å²) < 4.78 is 0. The predicted octanol–water partition coefficient (Wildman–Crippen LogP) is 4.68. The molecule has 0 radical (unpaired) electrons. The SMILES string of the molecule is CN1CCN(C(=O)c2ccc(NC(=O)c3cccc(Cl)c3)cc2)c2ccccc2C1. The number of halogens is 1. The van der Waals surface area contributed by atoms with Gasteiger partial charge in [-0.15, -0.1) is 0 Å². The van der Waals surface area contributed by atoms with Gasteiger partial charge in [0.2, 0.25) is 0 Å². The van der Waals surface area contributed by atoms with Crippen molar-refractivity contribution in [3.05, 3.63) is 94.5 Å². The van der Waals surface area contributed by atoms with E-state index in [0.29, 0.717) is 28.4 Å². The Hall–Kier alpha value is -3.15. The molecule has 0 atom stereocenters. The van der Waals surface area contributed by atoms with Gasteiger partial charge in [0.05, 0.1) is 0 Å². The molecule has 0 aliphatic carbocycles. The summed E-state index contributed by atoms with van der Waals surface area (Å²) in [6.45, 7) is 2.24. The van der Waals surface area contributed by atoms with Crippen LogP contribution in [0.2, 0.25) is 5.02 Å². The molecule has 0 saturated carbocycles. The third kappa shape index (κ3) is 4.37. The Balaban J connectivity index is 1.51. The van der Waals surface area contributed by atoms with Crippen LogP contribution in [0.1, 0.15) is 26.3 Å². The topological polar surface area (TPSA) is 52.6 Å². The molecule has 3 aromatic rings. The largest absolute Gasteiger partial charge is 0.322 e. The normalized spacial score (nSPS) is 14.0. The maximum atomic E-state index is 13.2. The van der Waals surface area contributed by atoms with E-state index in [2.05, 4.69) is 23.3 Å². The highest BCUT2D eigenvalue weighted by Crippen LogP contribution is 2.26. The number of nitrogens with zero attached hydrogens (tertiary/aromatic N) is 2. The quantitative estimate of drug-likeness (QED) is 0.670. The molecule has 5 nitrogen and oxygen atoms in total. The highest BCUT2D eigenvalue weighted by molar-refractivity contribution is 6.31. The average molecular weight is 420 g/mol. The number of hydrogen-bond donors (Lipinski definition) is 1. The van der Waals surface area contributed by atoms with Crippen LogP contribution in [-0.4, -0.2) is 36.9 Å². The zero-order valence-corrected chi connectivity index (χ0v) is 17.4. The van der Waals surface area contributed by atoms with Crippen molar-refractivity contribution in [2.75, 3.05) is 30.4 Å². The number of carbonyl (C=O) groups excluding carboxylic acids is 2. The van der Waals surface area contributed by atoms with Gasteiger partial charge >= 0.3 is 0 Å². The Kier molecular flexibility index (Phi) is 5.84. The molecule has 0 aromatic heterocycles. The van der Waals surface area contributed by atoms with Crippen molar-refractivity contribution in [3.8, 4) is 0 Å². The Bertz CT molecular complexity index is 1080. The van der Waals surface area contributed by atoms with E-state index >= 15 is 0 Å². The fraction of sp³-hybridized carbons (Fsp3) is 0.167. The summed E-state index contributed by atoms with van der Waals surface area (Å²) in [7, 11) is 2.06. The van der Waals surface area contributed by atoms with Crippen molar-refractivity contribution in [2.24, 2.45) is 0 Å². The molecule has 1 N–H and O–H groups in total.